The molecule has 1 atom stereocenters. The van der Waals surface area contributed by atoms with Crippen LogP contribution in [0.2, 0.25) is 0 Å². The number of amides is 1. The third kappa shape index (κ3) is 3.95. The van der Waals surface area contributed by atoms with Crippen molar-refractivity contribution < 1.29 is 14.3 Å². The third-order valence-electron chi connectivity index (χ3n) is 3.25. The largest absolute Gasteiger partial charge is 0.467 e. The molecule has 0 saturated carbocycles. The van der Waals surface area contributed by atoms with E-state index in [0.29, 0.717) is 24.6 Å². The van der Waals surface area contributed by atoms with Crippen LogP contribution in [0, 0.1) is 0 Å². The van der Waals surface area contributed by atoms with Crippen LogP contribution in [0.15, 0.2) is 35.2 Å². The van der Waals surface area contributed by atoms with E-state index in [1.165, 1.54) is 6.26 Å². The van der Waals surface area contributed by atoms with Gasteiger partial charge < -0.3 is 19.4 Å². The van der Waals surface area contributed by atoms with Gasteiger partial charge in [-0.3, -0.25) is 4.79 Å². The SMILES string of the molecule is CC(C)c1nccn1CCC(=O)NC(CO)c1ccco1. The van der Waals surface area contributed by atoms with Crippen molar-refractivity contribution in [1.82, 2.24) is 14.9 Å². The lowest BCUT2D eigenvalue weighted by atomic mass is 10.2. The minimum Gasteiger partial charge on any atom is -0.467 e. The number of aryl methyl sites for hydroxylation is 1. The number of carbonyl (C=O) groups is 1. The second-order valence-electron chi connectivity index (χ2n) is 5.20. The summed E-state index contributed by atoms with van der Waals surface area (Å²) in [5.41, 5.74) is 0. The van der Waals surface area contributed by atoms with Gasteiger partial charge in [0, 0.05) is 31.3 Å². The average Bonchev–Trinajstić information content (AvgIpc) is 3.13. The summed E-state index contributed by atoms with van der Waals surface area (Å²) in [5.74, 6) is 1.70. The molecule has 2 heterocycles. The van der Waals surface area contributed by atoms with Gasteiger partial charge in [-0.05, 0) is 12.1 Å². The summed E-state index contributed by atoms with van der Waals surface area (Å²) in [6, 6.07) is 2.96. The van der Waals surface area contributed by atoms with Gasteiger partial charge in [-0.25, -0.2) is 4.98 Å². The predicted molar refractivity (Wildman–Crippen MR) is 77.6 cm³/mol. The van der Waals surface area contributed by atoms with Gasteiger partial charge in [0.15, 0.2) is 0 Å². The van der Waals surface area contributed by atoms with Crippen LogP contribution in [0.4, 0.5) is 0 Å². The van der Waals surface area contributed by atoms with Crippen LogP contribution < -0.4 is 5.32 Å². The van der Waals surface area contributed by atoms with Crippen LogP contribution in [0.1, 0.15) is 43.8 Å². The molecule has 6 nitrogen and oxygen atoms in total. The van der Waals surface area contributed by atoms with E-state index >= 15 is 0 Å². The van der Waals surface area contributed by atoms with E-state index in [9.17, 15) is 9.90 Å². The zero-order valence-electron chi connectivity index (χ0n) is 12.3. The molecule has 0 aliphatic rings. The lowest BCUT2D eigenvalue weighted by Gasteiger charge is -2.15. The molecular weight excluding hydrogens is 270 g/mol. The average molecular weight is 291 g/mol. The Balaban J connectivity index is 1.88. The van der Waals surface area contributed by atoms with E-state index in [-0.39, 0.29) is 12.5 Å². The number of carbonyl (C=O) groups excluding carboxylic acids is 1. The molecule has 0 radical (unpaired) electrons. The second-order valence-corrected chi connectivity index (χ2v) is 5.20. The number of imidazole rings is 1. The van der Waals surface area contributed by atoms with Gasteiger partial charge in [-0.1, -0.05) is 13.8 Å². The Hall–Kier alpha value is -2.08. The van der Waals surface area contributed by atoms with E-state index in [2.05, 4.69) is 24.1 Å². The van der Waals surface area contributed by atoms with E-state index in [4.69, 9.17) is 4.42 Å². The zero-order valence-corrected chi connectivity index (χ0v) is 12.3. The molecular formula is C15H21N3O3. The van der Waals surface area contributed by atoms with Crippen LogP contribution in [0.25, 0.3) is 0 Å². The number of aliphatic hydroxyl groups is 1. The normalized spacial score (nSPS) is 12.6. The molecule has 2 aromatic rings. The van der Waals surface area contributed by atoms with E-state index in [0.717, 1.165) is 5.82 Å². The first-order chi connectivity index (χ1) is 10.1. The fourth-order valence-electron chi connectivity index (χ4n) is 2.20. The van der Waals surface area contributed by atoms with E-state index in [1.54, 1.807) is 18.3 Å². The van der Waals surface area contributed by atoms with Crippen LogP contribution in [0.3, 0.4) is 0 Å². The third-order valence-corrected chi connectivity index (χ3v) is 3.25. The fourth-order valence-corrected chi connectivity index (χ4v) is 2.20. The molecule has 0 aromatic carbocycles. The van der Waals surface area contributed by atoms with Crippen molar-refractivity contribution in [2.75, 3.05) is 6.61 Å². The summed E-state index contributed by atoms with van der Waals surface area (Å²) in [4.78, 5) is 16.3. The highest BCUT2D eigenvalue weighted by atomic mass is 16.3. The molecule has 6 heteroatoms. The zero-order chi connectivity index (χ0) is 15.2. The number of hydrogen-bond acceptors (Lipinski definition) is 4. The molecule has 0 bridgehead atoms. The number of aliphatic hydroxyl groups excluding tert-OH is 1. The molecule has 21 heavy (non-hydrogen) atoms. The van der Waals surface area contributed by atoms with Gasteiger partial charge >= 0.3 is 0 Å². The first kappa shape index (κ1) is 15.3. The number of rotatable bonds is 7. The molecule has 0 saturated heterocycles. The molecule has 1 unspecified atom stereocenters. The number of furan rings is 1. The molecule has 0 spiro atoms. The number of nitrogens with zero attached hydrogens (tertiary/aromatic N) is 2. The van der Waals surface area contributed by atoms with Crippen LogP contribution in [-0.2, 0) is 11.3 Å². The van der Waals surface area contributed by atoms with Crippen LogP contribution in [0.5, 0.6) is 0 Å². The molecule has 0 aliphatic carbocycles. The van der Waals surface area contributed by atoms with Gasteiger partial charge in [-0.2, -0.15) is 0 Å². The van der Waals surface area contributed by atoms with Gasteiger partial charge in [0.25, 0.3) is 0 Å². The molecule has 2 rings (SSSR count). The summed E-state index contributed by atoms with van der Waals surface area (Å²) in [7, 11) is 0. The predicted octanol–water partition coefficient (Wildman–Crippen LogP) is 1.84. The van der Waals surface area contributed by atoms with Crippen molar-refractivity contribution in [3.8, 4) is 0 Å². The Morgan fingerprint density at radius 3 is 2.95 bits per heavy atom. The van der Waals surface area contributed by atoms with Gasteiger partial charge in [0.1, 0.15) is 17.6 Å². The minimum atomic E-state index is -0.500. The first-order valence-electron chi connectivity index (χ1n) is 7.06. The van der Waals surface area contributed by atoms with Crippen molar-refractivity contribution in [3.63, 3.8) is 0 Å². The maximum absolute atomic E-state index is 12.0. The van der Waals surface area contributed by atoms with E-state index in [1.807, 2.05) is 10.8 Å². The van der Waals surface area contributed by atoms with Crippen molar-refractivity contribution in [1.29, 1.82) is 0 Å². The van der Waals surface area contributed by atoms with Crippen molar-refractivity contribution in [2.24, 2.45) is 0 Å². The highest BCUT2D eigenvalue weighted by Gasteiger charge is 2.16. The maximum Gasteiger partial charge on any atom is 0.222 e. The number of aromatic nitrogens is 2. The first-order valence-corrected chi connectivity index (χ1v) is 7.06. The Labute approximate surface area is 123 Å². The lowest BCUT2D eigenvalue weighted by Crippen LogP contribution is -2.31. The van der Waals surface area contributed by atoms with Gasteiger partial charge in [0.05, 0.1) is 12.9 Å². The Kier molecular flexibility index (Phi) is 5.16. The second kappa shape index (κ2) is 7.08. The quantitative estimate of drug-likeness (QED) is 0.815. The summed E-state index contributed by atoms with van der Waals surface area (Å²) in [6.45, 7) is 4.51. The monoisotopic (exact) mass is 291 g/mol. The van der Waals surface area contributed by atoms with Crippen molar-refractivity contribution in [3.05, 3.63) is 42.4 Å². The summed E-state index contributed by atoms with van der Waals surface area (Å²) >= 11 is 0. The smallest absolute Gasteiger partial charge is 0.222 e. The highest BCUT2D eigenvalue weighted by Crippen LogP contribution is 2.14. The van der Waals surface area contributed by atoms with Crippen LogP contribution >= 0.6 is 0 Å². The molecule has 0 aliphatic heterocycles. The highest BCUT2D eigenvalue weighted by molar-refractivity contribution is 5.76. The topological polar surface area (TPSA) is 80.3 Å². The number of hydrogen-bond donors (Lipinski definition) is 2. The Morgan fingerprint density at radius 1 is 1.52 bits per heavy atom. The Bertz CT molecular complexity index is 560. The maximum atomic E-state index is 12.0. The summed E-state index contributed by atoms with van der Waals surface area (Å²) < 4.78 is 7.18. The summed E-state index contributed by atoms with van der Waals surface area (Å²) in [5, 5.41) is 12.1. The minimum absolute atomic E-state index is 0.131. The van der Waals surface area contributed by atoms with Crippen molar-refractivity contribution >= 4 is 5.91 Å². The molecule has 0 fully saturated rings. The molecule has 2 N–H and O–H groups in total. The molecule has 2 aromatic heterocycles. The van der Waals surface area contributed by atoms with Crippen LogP contribution in [-0.4, -0.2) is 27.2 Å². The lowest BCUT2D eigenvalue weighted by molar-refractivity contribution is -0.122. The van der Waals surface area contributed by atoms with Gasteiger partial charge in [-0.15, -0.1) is 0 Å². The summed E-state index contributed by atoms with van der Waals surface area (Å²) in [6.07, 6.45) is 5.46. The van der Waals surface area contributed by atoms with Gasteiger partial charge in [0.2, 0.25) is 5.91 Å². The van der Waals surface area contributed by atoms with E-state index < -0.39 is 6.04 Å². The van der Waals surface area contributed by atoms with Crippen molar-refractivity contribution in [2.45, 2.75) is 38.8 Å². The number of nitrogens with one attached hydrogen (secondary N) is 1. The molecule has 114 valence electrons. The standard InChI is InChI=1S/C15H21N3O3/c1-11(2)15-16-6-8-18(15)7-5-14(20)17-12(10-19)13-4-3-9-21-13/h3-4,6,8-9,11-12,19H,5,7,10H2,1-2H3,(H,17,20). The fraction of sp³-hybridized carbons (Fsp3) is 0.467. The Morgan fingerprint density at radius 2 is 2.33 bits per heavy atom. The molecule has 1 amide bonds.